The van der Waals surface area contributed by atoms with Gasteiger partial charge in [-0.15, -0.1) is 0 Å². The first-order valence-electron chi connectivity index (χ1n) is 6.82. The van der Waals surface area contributed by atoms with E-state index in [1.807, 2.05) is 42.5 Å². The van der Waals surface area contributed by atoms with Crippen LogP contribution in [0.15, 0.2) is 54.6 Å². The zero-order valence-electron chi connectivity index (χ0n) is 12.2. The van der Waals surface area contributed by atoms with Gasteiger partial charge in [0.05, 0.1) is 0 Å². The van der Waals surface area contributed by atoms with Gasteiger partial charge in [-0.3, -0.25) is 0 Å². The highest BCUT2D eigenvalue weighted by atomic mass is 16.3. The summed E-state index contributed by atoms with van der Waals surface area (Å²) in [4.78, 5) is 0. The third kappa shape index (κ3) is 3.73. The van der Waals surface area contributed by atoms with Crippen molar-refractivity contribution in [1.29, 1.82) is 0 Å². The molecule has 1 heteroatoms. The van der Waals surface area contributed by atoms with Gasteiger partial charge in [-0.05, 0) is 28.7 Å². The number of aliphatic hydroxyl groups is 1. The average Bonchev–Trinajstić information content (AvgIpc) is 2.45. The lowest BCUT2D eigenvalue weighted by atomic mass is 9.86. The molecule has 0 fully saturated rings. The molecule has 1 nitrogen and oxygen atoms in total. The summed E-state index contributed by atoms with van der Waals surface area (Å²) < 4.78 is 0. The summed E-state index contributed by atoms with van der Waals surface area (Å²) >= 11 is 0. The smallest absolute Gasteiger partial charge is 0.140 e. The summed E-state index contributed by atoms with van der Waals surface area (Å²) in [5.74, 6) is 5.87. The van der Waals surface area contributed by atoms with E-state index in [0.717, 1.165) is 11.1 Å². The first kappa shape index (κ1) is 14.4. The molecule has 0 saturated heterocycles. The molecule has 0 aliphatic heterocycles. The molecule has 0 aromatic heterocycles. The Labute approximate surface area is 121 Å². The van der Waals surface area contributed by atoms with Gasteiger partial charge in [-0.1, -0.05) is 75.1 Å². The van der Waals surface area contributed by atoms with Crippen molar-refractivity contribution in [1.82, 2.24) is 0 Å². The van der Waals surface area contributed by atoms with E-state index in [-0.39, 0.29) is 5.41 Å². The predicted octanol–water partition coefficient (Wildman–Crippen LogP) is 4.07. The third-order valence-electron chi connectivity index (χ3n) is 3.22. The maximum Gasteiger partial charge on any atom is 0.140 e. The van der Waals surface area contributed by atoms with E-state index in [2.05, 4.69) is 44.7 Å². The SMILES string of the molecule is CC(C)(C)c1ccc([C@H](O)C#Cc2ccccc2)cc1. The molecule has 0 aliphatic rings. The predicted molar refractivity (Wildman–Crippen MR) is 83.4 cm³/mol. The minimum Gasteiger partial charge on any atom is -0.376 e. The highest BCUT2D eigenvalue weighted by Crippen LogP contribution is 2.23. The van der Waals surface area contributed by atoms with Crippen molar-refractivity contribution < 1.29 is 5.11 Å². The van der Waals surface area contributed by atoms with Crippen LogP contribution >= 0.6 is 0 Å². The molecule has 0 amide bonds. The van der Waals surface area contributed by atoms with E-state index < -0.39 is 6.10 Å². The Kier molecular flexibility index (Phi) is 4.27. The molecule has 2 aromatic carbocycles. The lowest BCUT2D eigenvalue weighted by Gasteiger charge is -2.19. The molecule has 0 radical (unpaired) electrons. The monoisotopic (exact) mass is 264 g/mol. The summed E-state index contributed by atoms with van der Waals surface area (Å²) in [5.41, 5.74) is 3.13. The molecule has 0 saturated carbocycles. The zero-order valence-corrected chi connectivity index (χ0v) is 12.2. The molecule has 0 aliphatic carbocycles. The second kappa shape index (κ2) is 5.94. The van der Waals surface area contributed by atoms with Gasteiger partial charge < -0.3 is 5.11 Å². The van der Waals surface area contributed by atoms with E-state index in [4.69, 9.17) is 0 Å². The zero-order chi connectivity index (χ0) is 14.6. The summed E-state index contributed by atoms with van der Waals surface area (Å²) in [6.07, 6.45) is -0.746. The van der Waals surface area contributed by atoms with Crippen LogP contribution in [0.4, 0.5) is 0 Å². The number of hydrogen-bond donors (Lipinski definition) is 1. The molecular weight excluding hydrogens is 244 g/mol. The van der Waals surface area contributed by atoms with Crippen molar-refractivity contribution in [2.75, 3.05) is 0 Å². The molecule has 2 rings (SSSR count). The van der Waals surface area contributed by atoms with Crippen LogP contribution in [0.1, 0.15) is 43.6 Å². The maximum absolute atomic E-state index is 10.1. The molecule has 20 heavy (non-hydrogen) atoms. The Balaban J connectivity index is 2.14. The van der Waals surface area contributed by atoms with Crippen LogP contribution < -0.4 is 0 Å². The second-order valence-electron chi connectivity index (χ2n) is 5.91. The molecule has 0 spiro atoms. The van der Waals surface area contributed by atoms with Gasteiger partial charge in [0.15, 0.2) is 0 Å². The Hall–Kier alpha value is -2.04. The first-order chi connectivity index (χ1) is 9.47. The summed E-state index contributed by atoms with van der Waals surface area (Å²) in [6, 6.07) is 17.7. The lowest BCUT2D eigenvalue weighted by molar-refractivity contribution is 0.238. The highest BCUT2D eigenvalue weighted by Gasteiger charge is 2.13. The molecular formula is C19H20O. The van der Waals surface area contributed by atoms with E-state index >= 15 is 0 Å². The maximum atomic E-state index is 10.1. The molecule has 0 bridgehead atoms. The fourth-order valence-corrected chi connectivity index (χ4v) is 1.92. The van der Waals surface area contributed by atoms with Crippen molar-refractivity contribution in [3.05, 3.63) is 71.3 Å². The van der Waals surface area contributed by atoms with Gasteiger partial charge in [0.1, 0.15) is 6.10 Å². The minimum absolute atomic E-state index is 0.124. The topological polar surface area (TPSA) is 20.2 Å². The Morgan fingerprint density at radius 1 is 0.900 bits per heavy atom. The summed E-state index contributed by atoms with van der Waals surface area (Å²) in [6.45, 7) is 6.52. The first-order valence-corrected chi connectivity index (χ1v) is 6.82. The van der Waals surface area contributed by atoms with Gasteiger partial charge in [-0.25, -0.2) is 0 Å². The molecule has 2 aromatic rings. The number of rotatable bonds is 1. The van der Waals surface area contributed by atoms with Crippen LogP contribution in [0.3, 0.4) is 0 Å². The summed E-state index contributed by atoms with van der Waals surface area (Å²) in [7, 11) is 0. The Bertz CT molecular complexity index is 607. The Morgan fingerprint density at radius 3 is 2.05 bits per heavy atom. The van der Waals surface area contributed by atoms with Gasteiger partial charge in [0, 0.05) is 5.56 Å². The van der Waals surface area contributed by atoms with Crippen LogP contribution in [0.2, 0.25) is 0 Å². The van der Waals surface area contributed by atoms with Gasteiger partial charge in [0.25, 0.3) is 0 Å². The standard InChI is InChI=1S/C19H20O/c1-19(2,3)17-12-10-16(11-13-17)18(20)14-9-15-7-5-4-6-8-15/h4-8,10-13,18,20H,1-3H3/t18-/m1/s1. The quantitative estimate of drug-likeness (QED) is 0.770. The van der Waals surface area contributed by atoms with Crippen LogP contribution in [0.25, 0.3) is 0 Å². The van der Waals surface area contributed by atoms with Gasteiger partial charge in [0.2, 0.25) is 0 Å². The molecule has 1 N–H and O–H groups in total. The van der Waals surface area contributed by atoms with Gasteiger partial charge >= 0.3 is 0 Å². The highest BCUT2D eigenvalue weighted by molar-refractivity contribution is 5.37. The van der Waals surface area contributed by atoms with E-state index in [0.29, 0.717) is 0 Å². The summed E-state index contributed by atoms with van der Waals surface area (Å²) in [5, 5.41) is 10.1. The molecule has 0 unspecified atom stereocenters. The minimum atomic E-state index is -0.746. The van der Waals surface area contributed by atoms with Crippen LogP contribution in [0, 0.1) is 11.8 Å². The lowest BCUT2D eigenvalue weighted by Crippen LogP contribution is -2.10. The van der Waals surface area contributed by atoms with Crippen LogP contribution in [-0.2, 0) is 5.41 Å². The van der Waals surface area contributed by atoms with Crippen LogP contribution in [-0.4, -0.2) is 5.11 Å². The average molecular weight is 264 g/mol. The third-order valence-corrected chi connectivity index (χ3v) is 3.22. The Morgan fingerprint density at radius 2 is 1.50 bits per heavy atom. The number of benzene rings is 2. The van der Waals surface area contributed by atoms with Crippen LogP contribution in [0.5, 0.6) is 0 Å². The van der Waals surface area contributed by atoms with E-state index in [9.17, 15) is 5.11 Å². The number of hydrogen-bond acceptors (Lipinski definition) is 1. The van der Waals surface area contributed by atoms with Crippen molar-refractivity contribution in [2.24, 2.45) is 0 Å². The fraction of sp³-hybridized carbons (Fsp3) is 0.263. The second-order valence-corrected chi connectivity index (χ2v) is 5.91. The largest absolute Gasteiger partial charge is 0.376 e. The van der Waals surface area contributed by atoms with Crippen molar-refractivity contribution in [2.45, 2.75) is 32.3 Å². The van der Waals surface area contributed by atoms with E-state index in [1.54, 1.807) is 0 Å². The van der Waals surface area contributed by atoms with E-state index in [1.165, 1.54) is 5.56 Å². The van der Waals surface area contributed by atoms with Crippen molar-refractivity contribution in [3.63, 3.8) is 0 Å². The number of aliphatic hydroxyl groups excluding tert-OH is 1. The fourth-order valence-electron chi connectivity index (χ4n) is 1.92. The molecule has 102 valence electrons. The normalized spacial score (nSPS) is 12.4. The van der Waals surface area contributed by atoms with Crippen molar-refractivity contribution in [3.8, 4) is 11.8 Å². The molecule has 0 heterocycles. The van der Waals surface area contributed by atoms with Crippen molar-refractivity contribution >= 4 is 0 Å². The molecule has 1 atom stereocenters. The van der Waals surface area contributed by atoms with Gasteiger partial charge in [-0.2, -0.15) is 0 Å².